The highest BCUT2D eigenvalue weighted by molar-refractivity contribution is 6.06. The third kappa shape index (κ3) is 2.81. The van der Waals surface area contributed by atoms with E-state index in [1.165, 1.54) is 6.08 Å². The Morgan fingerprint density at radius 2 is 2.12 bits per heavy atom. The van der Waals surface area contributed by atoms with Gasteiger partial charge in [-0.3, -0.25) is 4.79 Å². The Bertz CT molecular complexity index is 513. The number of carbonyl (C=O) groups is 1. The number of H-pyrrole nitrogens is 1. The van der Waals surface area contributed by atoms with Gasteiger partial charge in [0.25, 0.3) is 0 Å². The normalized spacial score (nSPS) is 10.6. The number of carbonyl (C=O) groups excluding carboxylic acids is 1. The number of methoxy groups -OCH3 is 1. The first-order chi connectivity index (χ1) is 8.29. The molecule has 1 N–H and O–H groups in total. The average molecular weight is 228 g/mol. The van der Waals surface area contributed by atoms with Gasteiger partial charge in [0.05, 0.1) is 25.3 Å². The number of aromatic amines is 1. The second kappa shape index (κ2) is 5.12. The molecule has 0 aliphatic carbocycles. The summed E-state index contributed by atoms with van der Waals surface area (Å²) in [5.74, 6) is 0.682. The van der Waals surface area contributed by atoms with Gasteiger partial charge in [-0.15, -0.1) is 0 Å². The first kappa shape index (κ1) is 11.1. The minimum atomic E-state index is -0.0535. The van der Waals surface area contributed by atoms with Crippen molar-refractivity contribution < 1.29 is 9.53 Å². The van der Waals surface area contributed by atoms with Crippen LogP contribution in [0.15, 0.2) is 42.9 Å². The predicted molar refractivity (Wildman–Crippen MR) is 64.9 cm³/mol. The van der Waals surface area contributed by atoms with Crippen molar-refractivity contribution in [3.05, 3.63) is 54.1 Å². The average Bonchev–Trinajstić information content (AvgIpc) is 2.89. The number of allylic oxidation sites excluding steroid dienone is 1. The lowest BCUT2D eigenvalue weighted by Gasteiger charge is -1.99. The number of hydrogen-bond donors (Lipinski definition) is 1. The zero-order valence-electron chi connectivity index (χ0n) is 9.38. The zero-order valence-corrected chi connectivity index (χ0v) is 9.38. The van der Waals surface area contributed by atoms with Crippen molar-refractivity contribution in [2.45, 2.75) is 0 Å². The molecule has 4 nitrogen and oxygen atoms in total. The van der Waals surface area contributed by atoms with Gasteiger partial charge < -0.3 is 9.72 Å². The molecular weight excluding hydrogens is 216 g/mol. The van der Waals surface area contributed by atoms with Crippen molar-refractivity contribution in [1.82, 2.24) is 9.97 Å². The van der Waals surface area contributed by atoms with E-state index in [0.717, 1.165) is 11.4 Å². The molecule has 0 bridgehead atoms. The van der Waals surface area contributed by atoms with Crippen molar-refractivity contribution in [1.29, 1.82) is 0 Å². The molecule has 0 fully saturated rings. The minimum Gasteiger partial charge on any atom is -0.497 e. The number of aromatic nitrogens is 2. The summed E-state index contributed by atoms with van der Waals surface area (Å²) in [4.78, 5) is 18.5. The Labute approximate surface area is 99.0 Å². The molecule has 0 spiro atoms. The Hall–Kier alpha value is -2.36. The SMILES string of the molecule is COc1ccc(C(=O)/C=C/c2cnc[nH]2)cc1. The van der Waals surface area contributed by atoms with E-state index in [4.69, 9.17) is 4.74 Å². The summed E-state index contributed by atoms with van der Waals surface area (Å²) >= 11 is 0. The van der Waals surface area contributed by atoms with Gasteiger partial charge in [0.15, 0.2) is 5.78 Å². The molecule has 2 rings (SSSR count). The van der Waals surface area contributed by atoms with Crippen LogP contribution in [0, 0.1) is 0 Å². The number of benzene rings is 1. The standard InChI is InChI=1S/C13H12N2O2/c1-17-12-5-2-10(3-6-12)13(16)7-4-11-8-14-9-15-11/h2-9H,1H3,(H,14,15)/b7-4+. The Balaban J connectivity index is 2.09. The lowest BCUT2D eigenvalue weighted by atomic mass is 10.1. The van der Waals surface area contributed by atoms with Crippen LogP contribution in [0.3, 0.4) is 0 Å². The molecule has 1 aromatic heterocycles. The topological polar surface area (TPSA) is 55.0 Å². The summed E-state index contributed by atoms with van der Waals surface area (Å²) in [7, 11) is 1.59. The first-order valence-electron chi connectivity index (χ1n) is 5.14. The van der Waals surface area contributed by atoms with Gasteiger partial charge in [0, 0.05) is 5.56 Å². The lowest BCUT2D eigenvalue weighted by molar-refractivity contribution is 0.104. The number of ketones is 1. The smallest absolute Gasteiger partial charge is 0.185 e. The summed E-state index contributed by atoms with van der Waals surface area (Å²) in [6.45, 7) is 0. The van der Waals surface area contributed by atoms with Crippen LogP contribution in [-0.2, 0) is 0 Å². The maximum absolute atomic E-state index is 11.8. The van der Waals surface area contributed by atoms with Gasteiger partial charge in [0.2, 0.25) is 0 Å². The molecule has 0 amide bonds. The number of rotatable bonds is 4. The van der Waals surface area contributed by atoms with Gasteiger partial charge in [0.1, 0.15) is 5.75 Å². The number of ether oxygens (including phenoxy) is 1. The van der Waals surface area contributed by atoms with Crippen LogP contribution in [-0.4, -0.2) is 22.9 Å². The van der Waals surface area contributed by atoms with E-state index < -0.39 is 0 Å². The van der Waals surface area contributed by atoms with Crippen LogP contribution in [0.25, 0.3) is 6.08 Å². The molecule has 1 aromatic carbocycles. The largest absolute Gasteiger partial charge is 0.497 e. The van der Waals surface area contributed by atoms with Crippen molar-refractivity contribution in [3.63, 3.8) is 0 Å². The Kier molecular flexibility index (Phi) is 3.35. The number of nitrogens with zero attached hydrogens (tertiary/aromatic N) is 1. The maximum atomic E-state index is 11.8. The van der Waals surface area contributed by atoms with Crippen LogP contribution in [0.2, 0.25) is 0 Å². The number of hydrogen-bond acceptors (Lipinski definition) is 3. The Morgan fingerprint density at radius 3 is 2.71 bits per heavy atom. The second-order valence-electron chi connectivity index (χ2n) is 3.43. The Morgan fingerprint density at radius 1 is 1.35 bits per heavy atom. The summed E-state index contributed by atoms with van der Waals surface area (Å²) in [5.41, 5.74) is 1.42. The van der Waals surface area contributed by atoms with E-state index in [0.29, 0.717) is 5.56 Å². The molecule has 0 saturated heterocycles. The zero-order chi connectivity index (χ0) is 12.1. The molecule has 0 unspecified atom stereocenters. The van der Waals surface area contributed by atoms with Crippen molar-refractivity contribution in [3.8, 4) is 5.75 Å². The van der Waals surface area contributed by atoms with E-state index in [9.17, 15) is 4.79 Å². The molecule has 1 heterocycles. The van der Waals surface area contributed by atoms with Gasteiger partial charge in [-0.05, 0) is 36.4 Å². The van der Waals surface area contributed by atoms with E-state index in [2.05, 4.69) is 9.97 Å². The monoisotopic (exact) mass is 228 g/mol. The minimum absolute atomic E-state index is 0.0535. The molecule has 0 aliphatic rings. The third-order valence-corrected chi connectivity index (χ3v) is 2.31. The fraction of sp³-hybridized carbons (Fsp3) is 0.0769. The third-order valence-electron chi connectivity index (χ3n) is 2.31. The summed E-state index contributed by atoms with van der Waals surface area (Å²) in [5, 5.41) is 0. The summed E-state index contributed by atoms with van der Waals surface area (Å²) in [6.07, 6.45) is 6.42. The highest BCUT2D eigenvalue weighted by Gasteiger charge is 2.01. The van der Waals surface area contributed by atoms with E-state index >= 15 is 0 Å². The fourth-order valence-electron chi connectivity index (χ4n) is 1.37. The first-order valence-corrected chi connectivity index (χ1v) is 5.14. The summed E-state index contributed by atoms with van der Waals surface area (Å²) < 4.78 is 5.03. The summed E-state index contributed by atoms with van der Waals surface area (Å²) in [6, 6.07) is 6.99. The van der Waals surface area contributed by atoms with E-state index in [1.807, 2.05) is 0 Å². The van der Waals surface area contributed by atoms with Gasteiger partial charge in [-0.1, -0.05) is 0 Å². The number of imidazole rings is 1. The fourth-order valence-corrected chi connectivity index (χ4v) is 1.37. The van der Waals surface area contributed by atoms with Crippen molar-refractivity contribution >= 4 is 11.9 Å². The van der Waals surface area contributed by atoms with Crippen LogP contribution < -0.4 is 4.74 Å². The van der Waals surface area contributed by atoms with E-state index in [-0.39, 0.29) is 5.78 Å². The van der Waals surface area contributed by atoms with Crippen molar-refractivity contribution in [2.75, 3.05) is 7.11 Å². The van der Waals surface area contributed by atoms with Gasteiger partial charge in [-0.25, -0.2) is 4.98 Å². The molecule has 17 heavy (non-hydrogen) atoms. The highest BCUT2D eigenvalue weighted by atomic mass is 16.5. The molecule has 0 atom stereocenters. The maximum Gasteiger partial charge on any atom is 0.185 e. The molecule has 0 radical (unpaired) electrons. The molecule has 4 heteroatoms. The highest BCUT2D eigenvalue weighted by Crippen LogP contribution is 2.12. The number of nitrogens with one attached hydrogen (secondary N) is 1. The van der Waals surface area contributed by atoms with Crippen LogP contribution in [0.1, 0.15) is 16.1 Å². The van der Waals surface area contributed by atoms with Gasteiger partial charge >= 0.3 is 0 Å². The molecule has 0 aliphatic heterocycles. The molecular formula is C13H12N2O2. The van der Waals surface area contributed by atoms with Crippen LogP contribution in [0.5, 0.6) is 5.75 Å². The lowest BCUT2D eigenvalue weighted by Crippen LogP contribution is -1.94. The van der Waals surface area contributed by atoms with E-state index in [1.54, 1.807) is 50.0 Å². The van der Waals surface area contributed by atoms with Crippen LogP contribution >= 0.6 is 0 Å². The van der Waals surface area contributed by atoms with Crippen LogP contribution in [0.4, 0.5) is 0 Å². The van der Waals surface area contributed by atoms with Gasteiger partial charge in [-0.2, -0.15) is 0 Å². The predicted octanol–water partition coefficient (Wildman–Crippen LogP) is 2.31. The molecule has 2 aromatic rings. The molecule has 0 saturated carbocycles. The quantitative estimate of drug-likeness (QED) is 0.645. The molecule has 86 valence electrons. The second-order valence-corrected chi connectivity index (χ2v) is 3.43. The van der Waals surface area contributed by atoms with Crippen molar-refractivity contribution in [2.24, 2.45) is 0 Å².